The van der Waals surface area contributed by atoms with E-state index in [1.165, 1.54) is 32.3 Å². The van der Waals surface area contributed by atoms with Gasteiger partial charge in [0.25, 0.3) is 5.91 Å². The highest BCUT2D eigenvalue weighted by Crippen LogP contribution is 2.22. The van der Waals surface area contributed by atoms with Crippen LogP contribution in [0.15, 0.2) is 23.1 Å². The maximum Gasteiger partial charge on any atom is 0.252 e. The van der Waals surface area contributed by atoms with Gasteiger partial charge in [0, 0.05) is 40.3 Å². The fourth-order valence-electron chi connectivity index (χ4n) is 2.94. The zero-order valence-electron chi connectivity index (χ0n) is 16.2. The number of rotatable bonds is 7. The summed E-state index contributed by atoms with van der Waals surface area (Å²) in [6.07, 6.45) is -0.103. The minimum absolute atomic E-state index is 0.0269. The predicted octanol–water partition coefficient (Wildman–Crippen LogP) is 1.68. The van der Waals surface area contributed by atoms with E-state index < -0.39 is 15.9 Å². The Kier molecular flexibility index (Phi) is 7.64. The zero-order valence-corrected chi connectivity index (χ0v) is 17.8. The number of sulfonamides is 1. The summed E-state index contributed by atoms with van der Waals surface area (Å²) in [5.41, 5.74) is 0.134. The number of carbonyl (C=O) groups is 1. The SMILES string of the molecule is CC(C)CN1CCO[C@H](CNC(=O)c2cc(S(=O)(=O)N(C)C)ccc2Cl)C1. The van der Waals surface area contributed by atoms with Gasteiger partial charge >= 0.3 is 0 Å². The molecule has 1 heterocycles. The maximum atomic E-state index is 12.5. The Hall–Kier alpha value is -1.19. The Morgan fingerprint density at radius 2 is 2.11 bits per heavy atom. The van der Waals surface area contributed by atoms with E-state index in [4.69, 9.17) is 16.3 Å². The molecule has 9 heteroatoms. The van der Waals surface area contributed by atoms with Crippen LogP contribution in [0.1, 0.15) is 24.2 Å². The van der Waals surface area contributed by atoms with Gasteiger partial charge < -0.3 is 10.1 Å². The second-order valence-corrected chi connectivity index (χ2v) is 9.84. The number of halogens is 1. The molecule has 0 radical (unpaired) electrons. The number of benzene rings is 1. The molecule has 1 atom stereocenters. The number of nitrogens with one attached hydrogen (secondary N) is 1. The first-order chi connectivity index (χ1) is 12.6. The van der Waals surface area contributed by atoms with Gasteiger partial charge in [-0.3, -0.25) is 9.69 Å². The Morgan fingerprint density at radius 1 is 1.41 bits per heavy atom. The van der Waals surface area contributed by atoms with Gasteiger partial charge in [-0.25, -0.2) is 12.7 Å². The van der Waals surface area contributed by atoms with Crippen molar-refractivity contribution in [2.24, 2.45) is 5.92 Å². The van der Waals surface area contributed by atoms with Crippen LogP contribution in [-0.4, -0.2) is 76.5 Å². The molecule has 152 valence electrons. The molecule has 1 N–H and O–H groups in total. The third kappa shape index (κ3) is 5.89. The van der Waals surface area contributed by atoms with E-state index in [9.17, 15) is 13.2 Å². The molecule has 27 heavy (non-hydrogen) atoms. The summed E-state index contributed by atoms with van der Waals surface area (Å²) in [7, 11) is -0.766. The van der Waals surface area contributed by atoms with Gasteiger partial charge in [0.2, 0.25) is 10.0 Å². The van der Waals surface area contributed by atoms with Crippen LogP contribution in [0.3, 0.4) is 0 Å². The topological polar surface area (TPSA) is 79.0 Å². The summed E-state index contributed by atoms with van der Waals surface area (Å²) in [5.74, 6) is 0.152. The van der Waals surface area contributed by atoms with E-state index >= 15 is 0 Å². The lowest BCUT2D eigenvalue weighted by atomic mass is 10.1. The van der Waals surface area contributed by atoms with Crippen molar-refractivity contribution in [1.82, 2.24) is 14.5 Å². The largest absolute Gasteiger partial charge is 0.374 e. The van der Waals surface area contributed by atoms with Crippen LogP contribution in [0.4, 0.5) is 0 Å². The quantitative estimate of drug-likeness (QED) is 0.730. The van der Waals surface area contributed by atoms with Crippen LogP contribution in [0.25, 0.3) is 0 Å². The number of hydrogen-bond donors (Lipinski definition) is 1. The monoisotopic (exact) mass is 417 g/mol. The first-order valence-electron chi connectivity index (χ1n) is 8.95. The number of amides is 1. The average molecular weight is 418 g/mol. The number of hydrogen-bond acceptors (Lipinski definition) is 5. The van der Waals surface area contributed by atoms with Gasteiger partial charge in [0.05, 0.1) is 28.2 Å². The number of morpholine rings is 1. The van der Waals surface area contributed by atoms with Crippen molar-refractivity contribution >= 4 is 27.5 Å². The number of ether oxygens (including phenoxy) is 1. The number of carbonyl (C=O) groups excluding carboxylic acids is 1. The Labute approximate surface area is 166 Å². The van der Waals surface area contributed by atoms with Gasteiger partial charge in [-0.05, 0) is 24.1 Å². The molecule has 0 spiro atoms. The molecule has 0 aromatic heterocycles. The van der Waals surface area contributed by atoms with Gasteiger partial charge in [0.15, 0.2) is 0 Å². The Morgan fingerprint density at radius 3 is 2.74 bits per heavy atom. The molecule has 0 unspecified atom stereocenters. The first-order valence-corrected chi connectivity index (χ1v) is 10.8. The van der Waals surface area contributed by atoms with E-state index in [-0.39, 0.29) is 21.6 Å². The molecule has 1 aliphatic heterocycles. The predicted molar refractivity (Wildman–Crippen MR) is 106 cm³/mol. The summed E-state index contributed by atoms with van der Waals surface area (Å²) in [5, 5.41) is 3.01. The highest BCUT2D eigenvalue weighted by atomic mass is 35.5. The van der Waals surface area contributed by atoms with E-state index in [1.54, 1.807) is 0 Å². The van der Waals surface area contributed by atoms with E-state index in [0.29, 0.717) is 19.1 Å². The van der Waals surface area contributed by atoms with Gasteiger partial charge in [-0.15, -0.1) is 0 Å². The molecular weight excluding hydrogens is 390 g/mol. The fourth-order valence-corrected chi connectivity index (χ4v) is 4.07. The van der Waals surface area contributed by atoms with Crippen LogP contribution >= 0.6 is 11.6 Å². The van der Waals surface area contributed by atoms with E-state index in [2.05, 4.69) is 24.1 Å². The van der Waals surface area contributed by atoms with Gasteiger partial charge in [-0.2, -0.15) is 0 Å². The standard InChI is InChI=1S/C18H28ClN3O4S/c1-13(2)11-22-7-8-26-14(12-22)10-20-18(23)16-9-15(5-6-17(16)19)27(24,25)21(3)4/h5-6,9,13-14H,7-8,10-12H2,1-4H3,(H,20,23)/t14-/m1/s1. The van der Waals surface area contributed by atoms with Crippen molar-refractivity contribution in [3.8, 4) is 0 Å². The molecule has 1 aromatic rings. The van der Waals surface area contributed by atoms with E-state index in [1.807, 2.05) is 0 Å². The fraction of sp³-hybridized carbons (Fsp3) is 0.611. The van der Waals surface area contributed by atoms with Crippen molar-refractivity contribution in [3.63, 3.8) is 0 Å². The molecule has 1 amide bonds. The van der Waals surface area contributed by atoms with E-state index in [0.717, 1.165) is 23.9 Å². The summed E-state index contributed by atoms with van der Waals surface area (Å²) < 4.78 is 31.4. The Balaban J connectivity index is 2.04. The summed E-state index contributed by atoms with van der Waals surface area (Å²) in [6, 6.07) is 4.12. The minimum atomic E-state index is -3.64. The van der Waals surface area contributed by atoms with Crippen molar-refractivity contribution in [2.75, 3.05) is 46.9 Å². The smallest absolute Gasteiger partial charge is 0.252 e. The van der Waals surface area contributed by atoms with Crippen LogP contribution in [-0.2, 0) is 14.8 Å². The molecule has 7 nitrogen and oxygen atoms in total. The molecule has 2 rings (SSSR count). The molecule has 0 aliphatic carbocycles. The van der Waals surface area contributed by atoms with Crippen molar-refractivity contribution in [2.45, 2.75) is 24.8 Å². The molecule has 1 aromatic carbocycles. The highest BCUT2D eigenvalue weighted by Gasteiger charge is 2.23. The average Bonchev–Trinajstić information content (AvgIpc) is 2.59. The Bertz CT molecular complexity index is 768. The van der Waals surface area contributed by atoms with Crippen LogP contribution in [0.2, 0.25) is 5.02 Å². The highest BCUT2D eigenvalue weighted by molar-refractivity contribution is 7.89. The van der Waals surface area contributed by atoms with Crippen LogP contribution in [0, 0.1) is 5.92 Å². The lowest BCUT2D eigenvalue weighted by Gasteiger charge is -2.34. The molecule has 1 fully saturated rings. The summed E-state index contributed by atoms with van der Waals surface area (Å²) in [6.45, 7) is 7.94. The lowest BCUT2D eigenvalue weighted by molar-refractivity contribution is -0.0295. The third-order valence-electron chi connectivity index (χ3n) is 4.30. The first kappa shape index (κ1) is 22.1. The molecule has 1 aliphatic rings. The summed E-state index contributed by atoms with van der Waals surface area (Å²) >= 11 is 6.11. The van der Waals surface area contributed by atoms with Gasteiger partial charge in [-0.1, -0.05) is 25.4 Å². The maximum absolute atomic E-state index is 12.5. The molecule has 1 saturated heterocycles. The molecule has 0 saturated carbocycles. The normalized spacial score (nSPS) is 18.9. The molecule has 0 bridgehead atoms. The zero-order chi connectivity index (χ0) is 20.2. The summed E-state index contributed by atoms with van der Waals surface area (Å²) in [4.78, 5) is 14.9. The second kappa shape index (κ2) is 9.34. The molecular formula is C18H28ClN3O4S. The van der Waals surface area contributed by atoms with Crippen molar-refractivity contribution in [3.05, 3.63) is 28.8 Å². The third-order valence-corrected chi connectivity index (χ3v) is 6.44. The van der Waals surface area contributed by atoms with Gasteiger partial charge in [0.1, 0.15) is 0 Å². The van der Waals surface area contributed by atoms with Crippen LogP contribution in [0.5, 0.6) is 0 Å². The van der Waals surface area contributed by atoms with Crippen molar-refractivity contribution in [1.29, 1.82) is 0 Å². The second-order valence-electron chi connectivity index (χ2n) is 7.29. The number of nitrogens with zero attached hydrogens (tertiary/aromatic N) is 2. The lowest BCUT2D eigenvalue weighted by Crippen LogP contribution is -2.48. The van der Waals surface area contributed by atoms with Crippen LogP contribution < -0.4 is 5.32 Å². The minimum Gasteiger partial charge on any atom is -0.374 e. The van der Waals surface area contributed by atoms with Crippen molar-refractivity contribution < 1.29 is 17.9 Å².